The van der Waals surface area contributed by atoms with Gasteiger partial charge in [0.1, 0.15) is 5.69 Å². The van der Waals surface area contributed by atoms with E-state index >= 15 is 0 Å². The van der Waals surface area contributed by atoms with Crippen LogP contribution in [0.25, 0.3) is 11.0 Å². The van der Waals surface area contributed by atoms with Crippen molar-refractivity contribution < 1.29 is 24.2 Å². The molecule has 0 aliphatic carbocycles. The highest BCUT2D eigenvalue weighted by atomic mass is 16.6. The van der Waals surface area contributed by atoms with E-state index in [2.05, 4.69) is 10.3 Å². The van der Waals surface area contributed by atoms with Crippen molar-refractivity contribution in [1.82, 2.24) is 10.3 Å². The minimum atomic E-state index is -0.521. The fourth-order valence-corrected chi connectivity index (χ4v) is 3.50. The predicted octanol–water partition coefficient (Wildman–Crippen LogP) is 1.34. The third kappa shape index (κ3) is 3.70. The largest absolute Gasteiger partial charge is 0.466 e. The van der Waals surface area contributed by atoms with E-state index in [1.165, 1.54) is 0 Å². The predicted molar refractivity (Wildman–Crippen MR) is 100 cm³/mol. The number of carbonyl (C=O) groups is 1. The molecule has 0 radical (unpaired) electrons. The van der Waals surface area contributed by atoms with Gasteiger partial charge in [0.25, 0.3) is 0 Å². The van der Waals surface area contributed by atoms with Crippen LogP contribution in [0.5, 0.6) is 0 Å². The zero-order valence-corrected chi connectivity index (χ0v) is 15.8. The molecule has 0 bridgehead atoms. The molecule has 3 rings (SSSR count). The third-order valence-electron chi connectivity index (χ3n) is 4.96. The molecule has 0 unspecified atom stereocenters. The normalized spacial score (nSPS) is 15.0. The molecule has 1 N–H and O–H groups in total. The number of nitrogens with zero attached hydrogens (tertiary/aromatic N) is 5. The van der Waals surface area contributed by atoms with Crippen molar-refractivity contribution in [3.63, 3.8) is 0 Å². The highest BCUT2D eigenvalue weighted by Gasteiger charge is 2.32. The first kappa shape index (κ1) is 19.8. The van der Waals surface area contributed by atoms with E-state index in [1.54, 1.807) is 24.9 Å². The number of aliphatic hydroxyl groups excluding tert-OH is 1. The number of hydrogen-bond donors (Lipinski definition) is 1. The fraction of sp³-hybridized carbons (Fsp3) is 0.588. The summed E-state index contributed by atoms with van der Waals surface area (Å²) in [5, 5.41) is 28.5. The summed E-state index contributed by atoms with van der Waals surface area (Å²) in [4.78, 5) is 26.7. The third-order valence-corrected chi connectivity index (χ3v) is 4.96. The summed E-state index contributed by atoms with van der Waals surface area (Å²) in [6.07, 6.45) is 1.23. The number of hydrogen-bond acceptors (Lipinski definition) is 10. The summed E-state index contributed by atoms with van der Waals surface area (Å²) in [6.45, 7) is 3.36. The SMILES string of the molecule is CCOC(=O)C1CCN(c2cc(N(C)CCO)c([N+](=O)[O-])c3nonc23)CC1. The molecule has 0 atom stereocenters. The van der Waals surface area contributed by atoms with Crippen LogP contribution in [0.15, 0.2) is 10.7 Å². The lowest BCUT2D eigenvalue weighted by Gasteiger charge is -2.33. The van der Waals surface area contributed by atoms with Crippen LogP contribution in [-0.4, -0.2) is 66.2 Å². The smallest absolute Gasteiger partial charge is 0.323 e. The number of esters is 1. The van der Waals surface area contributed by atoms with Crippen LogP contribution >= 0.6 is 0 Å². The van der Waals surface area contributed by atoms with E-state index in [1.807, 2.05) is 4.90 Å². The van der Waals surface area contributed by atoms with Crippen LogP contribution in [0.2, 0.25) is 0 Å². The minimum absolute atomic E-state index is 0.0646. The summed E-state index contributed by atoms with van der Waals surface area (Å²) >= 11 is 0. The van der Waals surface area contributed by atoms with Gasteiger partial charge in [0.2, 0.25) is 5.52 Å². The van der Waals surface area contributed by atoms with Crippen LogP contribution in [0.3, 0.4) is 0 Å². The number of likely N-dealkylation sites (N-methyl/N-ethyl adjacent to an activating group) is 1. The quantitative estimate of drug-likeness (QED) is 0.417. The number of rotatable bonds is 7. The molecule has 152 valence electrons. The molecular formula is C17H23N5O6. The molecule has 2 aromatic rings. The number of anilines is 2. The van der Waals surface area contributed by atoms with Gasteiger partial charge < -0.3 is 19.6 Å². The van der Waals surface area contributed by atoms with Crippen molar-refractivity contribution in [3.8, 4) is 0 Å². The molecule has 1 aromatic heterocycles. The highest BCUT2D eigenvalue weighted by molar-refractivity contribution is 6.00. The number of benzene rings is 1. The van der Waals surface area contributed by atoms with Crippen molar-refractivity contribution >= 4 is 34.1 Å². The number of nitro benzene ring substituents is 1. The second-order valence-electron chi connectivity index (χ2n) is 6.64. The van der Waals surface area contributed by atoms with Gasteiger partial charge in [-0.05, 0) is 36.1 Å². The Kier molecular flexibility index (Phi) is 5.93. The van der Waals surface area contributed by atoms with Crippen molar-refractivity contribution in [3.05, 3.63) is 16.2 Å². The van der Waals surface area contributed by atoms with E-state index in [-0.39, 0.29) is 36.2 Å². The second-order valence-corrected chi connectivity index (χ2v) is 6.64. The molecule has 11 heteroatoms. The Hall–Kier alpha value is -2.95. The average Bonchev–Trinajstić information content (AvgIpc) is 3.16. The van der Waals surface area contributed by atoms with Gasteiger partial charge in [-0.2, -0.15) is 0 Å². The minimum Gasteiger partial charge on any atom is -0.466 e. The maximum Gasteiger partial charge on any atom is 0.323 e. The molecule has 0 saturated carbocycles. The van der Waals surface area contributed by atoms with Crippen molar-refractivity contribution in [2.75, 3.05) is 49.7 Å². The Morgan fingerprint density at radius 1 is 1.43 bits per heavy atom. The number of nitro groups is 1. The monoisotopic (exact) mass is 393 g/mol. The standard InChI is InChI=1S/C17H23N5O6/c1-3-27-17(24)11-4-6-21(7-5-11)12-10-13(20(2)8-9-23)16(22(25)26)15-14(12)18-28-19-15/h10-11,23H,3-9H2,1-2H3. The molecule has 28 heavy (non-hydrogen) atoms. The van der Waals surface area contributed by atoms with Crippen LogP contribution in [0.1, 0.15) is 19.8 Å². The maximum atomic E-state index is 12.0. The van der Waals surface area contributed by atoms with Gasteiger partial charge in [-0.15, -0.1) is 0 Å². The van der Waals surface area contributed by atoms with Gasteiger partial charge in [-0.3, -0.25) is 14.9 Å². The second kappa shape index (κ2) is 8.38. The van der Waals surface area contributed by atoms with Gasteiger partial charge in [0, 0.05) is 26.7 Å². The Morgan fingerprint density at radius 2 is 2.11 bits per heavy atom. The summed E-state index contributed by atoms with van der Waals surface area (Å²) in [5.41, 5.74) is 1.14. The molecule has 2 heterocycles. The number of aliphatic hydroxyl groups is 1. The van der Waals surface area contributed by atoms with Crippen LogP contribution in [0.4, 0.5) is 17.1 Å². The Morgan fingerprint density at radius 3 is 2.71 bits per heavy atom. The van der Waals surface area contributed by atoms with Crippen LogP contribution < -0.4 is 9.80 Å². The molecule has 1 aromatic carbocycles. The van der Waals surface area contributed by atoms with E-state index in [9.17, 15) is 20.0 Å². The van der Waals surface area contributed by atoms with Crippen molar-refractivity contribution in [2.24, 2.45) is 5.92 Å². The zero-order valence-electron chi connectivity index (χ0n) is 15.8. The molecule has 0 amide bonds. The number of fused-ring (bicyclic) bond motifs is 1. The lowest BCUT2D eigenvalue weighted by molar-refractivity contribution is -0.382. The molecular weight excluding hydrogens is 370 g/mol. The average molecular weight is 393 g/mol. The molecule has 1 fully saturated rings. The van der Waals surface area contributed by atoms with E-state index in [0.29, 0.717) is 49.4 Å². The zero-order chi connectivity index (χ0) is 20.3. The first-order valence-electron chi connectivity index (χ1n) is 9.15. The molecule has 0 spiro atoms. The maximum absolute atomic E-state index is 12.0. The number of carbonyl (C=O) groups excluding carboxylic acids is 1. The Bertz CT molecular complexity index is 861. The summed E-state index contributed by atoms with van der Waals surface area (Å²) < 4.78 is 9.90. The van der Waals surface area contributed by atoms with Crippen LogP contribution in [-0.2, 0) is 9.53 Å². The van der Waals surface area contributed by atoms with E-state index in [4.69, 9.17) is 9.37 Å². The number of ether oxygens (including phenoxy) is 1. The van der Waals surface area contributed by atoms with Gasteiger partial charge in [-0.25, -0.2) is 4.63 Å². The lowest BCUT2D eigenvalue weighted by Crippen LogP contribution is -2.37. The lowest BCUT2D eigenvalue weighted by atomic mass is 9.96. The van der Waals surface area contributed by atoms with Crippen molar-refractivity contribution in [2.45, 2.75) is 19.8 Å². The Balaban J connectivity index is 1.96. The van der Waals surface area contributed by atoms with Crippen LogP contribution in [0, 0.1) is 16.0 Å². The molecule has 1 saturated heterocycles. The fourth-order valence-electron chi connectivity index (χ4n) is 3.50. The highest BCUT2D eigenvalue weighted by Crippen LogP contribution is 2.40. The van der Waals surface area contributed by atoms with Gasteiger partial charge in [-0.1, -0.05) is 0 Å². The van der Waals surface area contributed by atoms with E-state index < -0.39 is 4.92 Å². The first-order chi connectivity index (χ1) is 13.5. The van der Waals surface area contributed by atoms with Crippen molar-refractivity contribution in [1.29, 1.82) is 0 Å². The number of aromatic nitrogens is 2. The van der Waals surface area contributed by atoms with Gasteiger partial charge in [0.05, 0.1) is 29.7 Å². The van der Waals surface area contributed by atoms with Gasteiger partial charge >= 0.3 is 11.7 Å². The topological polar surface area (TPSA) is 135 Å². The molecule has 11 nitrogen and oxygen atoms in total. The van der Waals surface area contributed by atoms with E-state index in [0.717, 1.165) is 0 Å². The summed E-state index contributed by atoms with van der Waals surface area (Å²) in [5.74, 6) is -0.348. The summed E-state index contributed by atoms with van der Waals surface area (Å²) in [6, 6.07) is 1.67. The first-order valence-corrected chi connectivity index (χ1v) is 9.15. The molecule has 1 aliphatic heterocycles. The molecule has 1 aliphatic rings. The number of piperidine rings is 1. The summed E-state index contributed by atoms with van der Waals surface area (Å²) in [7, 11) is 1.66. The van der Waals surface area contributed by atoms with Gasteiger partial charge in [0.15, 0.2) is 5.52 Å². The Labute approximate surface area is 160 Å².